The molecule has 0 saturated heterocycles. The van der Waals surface area contributed by atoms with Gasteiger partial charge in [0.15, 0.2) is 18.1 Å². The number of aromatic nitrogens is 2. The summed E-state index contributed by atoms with van der Waals surface area (Å²) in [6, 6.07) is 4.70. The Morgan fingerprint density at radius 3 is 2.50 bits per heavy atom. The van der Waals surface area contributed by atoms with Gasteiger partial charge in [-0.1, -0.05) is 12.1 Å². The summed E-state index contributed by atoms with van der Waals surface area (Å²) in [7, 11) is 3.80. The van der Waals surface area contributed by atoms with Crippen LogP contribution in [0.3, 0.4) is 0 Å². The summed E-state index contributed by atoms with van der Waals surface area (Å²) < 4.78 is 12.0. The SMILES string of the molecule is COc1cccc(/C=C/c2c([N+](=O)[O-])c(=O)n(C)c(=O)n2C)c1OCC(=O)O. The van der Waals surface area contributed by atoms with Crippen molar-refractivity contribution in [3.8, 4) is 11.5 Å². The molecule has 2 aromatic rings. The lowest BCUT2D eigenvalue weighted by atomic mass is 10.1. The van der Waals surface area contributed by atoms with E-state index in [1.807, 2.05) is 0 Å². The first kappa shape index (κ1) is 20.4. The van der Waals surface area contributed by atoms with Gasteiger partial charge >= 0.3 is 22.9 Å². The van der Waals surface area contributed by atoms with E-state index >= 15 is 0 Å². The van der Waals surface area contributed by atoms with Crippen LogP contribution in [-0.4, -0.2) is 38.9 Å². The molecule has 0 spiro atoms. The van der Waals surface area contributed by atoms with Crippen LogP contribution in [0.2, 0.25) is 0 Å². The van der Waals surface area contributed by atoms with Crippen LogP contribution in [0.25, 0.3) is 12.2 Å². The van der Waals surface area contributed by atoms with E-state index in [4.69, 9.17) is 14.6 Å². The van der Waals surface area contributed by atoms with Gasteiger partial charge in [0.05, 0.1) is 12.0 Å². The van der Waals surface area contributed by atoms with Gasteiger partial charge in [-0.2, -0.15) is 0 Å². The molecule has 1 aromatic carbocycles. The number of carboxylic acid groups (broad SMARTS) is 1. The maximum atomic E-state index is 12.1. The van der Waals surface area contributed by atoms with Crippen LogP contribution >= 0.6 is 0 Å². The highest BCUT2D eigenvalue weighted by Crippen LogP contribution is 2.32. The molecule has 1 aromatic heterocycles. The van der Waals surface area contributed by atoms with Crippen molar-refractivity contribution < 1.29 is 24.3 Å². The molecule has 148 valence electrons. The largest absolute Gasteiger partial charge is 0.493 e. The summed E-state index contributed by atoms with van der Waals surface area (Å²) in [4.78, 5) is 45.5. The van der Waals surface area contributed by atoms with Crippen molar-refractivity contribution in [2.75, 3.05) is 13.7 Å². The number of hydrogen-bond acceptors (Lipinski definition) is 7. The molecule has 0 amide bonds. The van der Waals surface area contributed by atoms with Crippen molar-refractivity contribution in [3.63, 3.8) is 0 Å². The summed E-state index contributed by atoms with van der Waals surface area (Å²) in [6.45, 7) is -0.633. The van der Waals surface area contributed by atoms with E-state index in [2.05, 4.69) is 0 Å². The first-order chi connectivity index (χ1) is 13.2. The van der Waals surface area contributed by atoms with Gasteiger partial charge in [0.1, 0.15) is 5.69 Å². The minimum absolute atomic E-state index is 0.0973. The van der Waals surface area contributed by atoms with E-state index in [0.29, 0.717) is 10.1 Å². The number of rotatable bonds is 7. The summed E-state index contributed by atoms with van der Waals surface area (Å²) >= 11 is 0. The molecule has 11 nitrogen and oxygen atoms in total. The van der Waals surface area contributed by atoms with Gasteiger partial charge < -0.3 is 14.6 Å². The highest BCUT2D eigenvalue weighted by Gasteiger charge is 2.23. The predicted octanol–water partition coefficient (Wildman–Crippen LogP) is 0.635. The Balaban J connectivity index is 2.64. The van der Waals surface area contributed by atoms with Crippen LogP contribution in [0.15, 0.2) is 27.8 Å². The first-order valence-electron chi connectivity index (χ1n) is 7.83. The average molecular weight is 391 g/mol. The van der Waals surface area contributed by atoms with E-state index in [1.54, 1.807) is 18.2 Å². The van der Waals surface area contributed by atoms with Gasteiger partial charge in [-0.05, 0) is 18.2 Å². The third-order valence-electron chi connectivity index (χ3n) is 3.86. The van der Waals surface area contributed by atoms with E-state index in [-0.39, 0.29) is 17.2 Å². The van der Waals surface area contributed by atoms with Gasteiger partial charge in [-0.25, -0.2) is 9.59 Å². The molecule has 0 unspecified atom stereocenters. The van der Waals surface area contributed by atoms with Gasteiger partial charge in [-0.15, -0.1) is 0 Å². The van der Waals surface area contributed by atoms with Gasteiger partial charge in [0.25, 0.3) is 0 Å². The number of para-hydroxylation sites is 1. The number of carbonyl (C=O) groups is 1. The topological polar surface area (TPSA) is 143 Å². The molecule has 0 aliphatic carbocycles. The molecule has 28 heavy (non-hydrogen) atoms. The lowest BCUT2D eigenvalue weighted by Gasteiger charge is -2.12. The monoisotopic (exact) mass is 391 g/mol. The number of nitrogens with zero attached hydrogens (tertiary/aromatic N) is 3. The normalized spacial score (nSPS) is 10.8. The lowest BCUT2D eigenvalue weighted by Crippen LogP contribution is -2.39. The quantitative estimate of drug-likeness (QED) is 0.535. The van der Waals surface area contributed by atoms with Gasteiger partial charge in [0.2, 0.25) is 0 Å². The Kier molecular flexibility index (Phi) is 5.98. The third-order valence-corrected chi connectivity index (χ3v) is 3.86. The van der Waals surface area contributed by atoms with E-state index in [9.17, 15) is 24.5 Å². The van der Waals surface area contributed by atoms with E-state index < -0.39 is 34.4 Å². The van der Waals surface area contributed by atoms with Crippen LogP contribution in [0, 0.1) is 10.1 Å². The minimum Gasteiger partial charge on any atom is -0.493 e. The second-order valence-corrected chi connectivity index (χ2v) is 5.59. The van der Waals surface area contributed by atoms with E-state index in [1.165, 1.54) is 26.3 Å². The Bertz CT molecular complexity index is 1080. The maximum Gasteiger partial charge on any atom is 0.357 e. The number of aliphatic carboxylic acids is 1. The van der Waals surface area contributed by atoms with Crippen molar-refractivity contribution in [1.82, 2.24) is 9.13 Å². The highest BCUT2D eigenvalue weighted by molar-refractivity contribution is 5.76. The molecule has 0 radical (unpaired) electrons. The fourth-order valence-corrected chi connectivity index (χ4v) is 2.49. The van der Waals surface area contributed by atoms with E-state index in [0.717, 1.165) is 11.6 Å². The van der Waals surface area contributed by atoms with Crippen molar-refractivity contribution in [2.45, 2.75) is 0 Å². The zero-order chi connectivity index (χ0) is 21.0. The Hall–Kier alpha value is -3.89. The van der Waals surface area contributed by atoms with Gasteiger partial charge in [0, 0.05) is 19.7 Å². The second kappa shape index (κ2) is 8.20. The molecule has 11 heteroatoms. The van der Waals surface area contributed by atoms with Crippen LogP contribution in [0.5, 0.6) is 11.5 Å². The van der Waals surface area contributed by atoms with Crippen LogP contribution in [0.4, 0.5) is 5.69 Å². The van der Waals surface area contributed by atoms with Crippen LogP contribution in [0.1, 0.15) is 11.3 Å². The summed E-state index contributed by atoms with van der Waals surface area (Å²) in [5.41, 5.74) is -2.42. The molecule has 1 N–H and O–H groups in total. The summed E-state index contributed by atoms with van der Waals surface area (Å²) in [6.07, 6.45) is 2.57. The van der Waals surface area contributed by atoms with Crippen LogP contribution < -0.4 is 20.7 Å². The standard InChI is InChI=1S/C17H17N3O8/c1-18-11(14(20(25)26)16(23)19(2)17(18)24)8-7-10-5-4-6-12(27-3)15(10)28-9-13(21)22/h4-8H,9H2,1-3H3,(H,21,22)/b8-7+. The Labute approximate surface area is 157 Å². The number of methoxy groups -OCH3 is 1. The molecule has 0 saturated carbocycles. The fourth-order valence-electron chi connectivity index (χ4n) is 2.49. The molecule has 0 aliphatic heterocycles. The van der Waals surface area contributed by atoms with Crippen molar-refractivity contribution >= 4 is 23.8 Å². The minimum atomic E-state index is -1.20. The number of ether oxygens (including phenoxy) is 2. The maximum absolute atomic E-state index is 12.1. The molecular weight excluding hydrogens is 374 g/mol. The van der Waals surface area contributed by atoms with Crippen LogP contribution in [-0.2, 0) is 18.9 Å². The summed E-state index contributed by atoms with van der Waals surface area (Å²) in [5.74, 6) is -0.860. The third kappa shape index (κ3) is 3.92. The van der Waals surface area contributed by atoms with Crippen molar-refractivity contribution in [1.29, 1.82) is 0 Å². The Morgan fingerprint density at radius 2 is 1.93 bits per heavy atom. The lowest BCUT2D eigenvalue weighted by molar-refractivity contribution is -0.387. The smallest absolute Gasteiger partial charge is 0.357 e. The van der Waals surface area contributed by atoms with Crippen molar-refractivity contribution in [2.24, 2.45) is 14.1 Å². The van der Waals surface area contributed by atoms with Crippen molar-refractivity contribution in [3.05, 3.63) is 60.4 Å². The molecule has 0 bridgehead atoms. The highest BCUT2D eigenvalue weighted by atomic mass is 16.6. The predicted molar refractivity (Wildman–Crippen MR) is 98.6 cm³/mol. The molecule has 0 aliphatic rings. The average Bonchev–Trinajstić information content (AvgIpc) is 2.65. The Morgan fingerprint density at radius 1 is 1.25 bits per heavy atom. The molecular formula is C17H17N3O8. The number of benzene rings is 1. The van der Waals surface area contributed by atoms with Gasteiger partial charge in [-0.3, -0.25) is 24.0 Å². The first-order valence-corrected chi connectivity index (χ1v) is 7.83. The summed E-state index contributed by atoms with van der Waals surface area (Å²) in [5, 5.41) is 20.2. The molecule has 2 rings (SSSR count). The zero-order valence-corrected chi connectivity index (χ0v) is 15.2. The fraction of sp³-hybridized carbons (Fsp3) is 0.235. The molecule has 1 heterocycles. The number of hydrogen-bond donors (Lipinski definition) is 1. The zero-order valence-electron chi connectivity index (χ0n) is 15.2. The number of carboxylic acids is 1. The number of nitro groups is 1. The molecule has 0 atom stereocenters. The molecule has 0 fully saturated rings. The second-order valence-electron chi connectivity index (χ2n) is 5.59.